The number of rotatable bonds is 14. The maximum atomic E-state index is 10.7. The molecule has 0 aromatic carbocycles. The standard InChI is InChI=1S/C25H52O4Si/c1-13-18(3)24(28-10)20(5)22(26)16-15-19(4)23(27-9)17-21(14-2)29-30(11,12)25(6,7)8/h15-16,18-24,26H,13-14,17H2,1-12H3/b16-15+/t18-,19+,20+,21-,22-,23+,24-/m1/s1. The molecular formula is C25H52O4Si. The first-order chi connectivity index (χ1) is 13.7. The lowest BCUT2D eigenvalue weighted by molar-refractivity contribution is -0.0213. The van der Waals surface area contributed by atoms with Crippen molar-refractivity contribution in [2.24, 2.45) is 17.8 Å². The number of ether oxygens (including phenoxy) is 2. The molecule has 0 radical (unpaired) electrons. The van der Waals surface area contributed by atoms with Gasteiger partial charge in [0.15, 0.2) is 8.32 Å². The molecule has 0 aliphatic rings. The van der Waals surface area contributed by atoms with Gasteiger partial charge in [-0.05, 0) is 36.9 Å². The summed E-state index contributed by atoms with van der Waals surface area (Å²) in [6.45, 7) is 22.2. The van der Waals surface area contributed by atoms with Gasteiger partial charge in [-0.15, -0.1) is 0 Å². The monoisotopic (exact) mass is 444 g/mol. The summed E-state index contributed by atoms with van der Waals surface area (Å²) in [7, 11) is 1.70. The summed E-state index contributed by atoms with van der Waals surface area (Å²) in [4.78, 5) is 0. The van der Waals surface area contributed by atoms with Gasteiger partial charge in [0.05, 0.1) is 18.3 Å². The smallest absolute Gasteiger partial charge is 0.192 e. The molecule has 0 saturated heterocycles. The second-order valence-electron chi connectivity index (χ2n) is 10.6. The van der Waals surface area contributed by atoms with Crippen molar-refractivity contribution >= 4 is 8.32 Å². The summed E-state index contributed by atoms with van der Waals surface area (Å²) in [5, 5.41) is 10.9. The lowest BCUT2D eigenvalue weighted by Crippen LogP contribution is -2.45. The van der Waals surface area contributed by atoms with E-state index in [-0.39, 0.29) is 35.2 Å². The van der Waals surface area contributed by atoms with Crippen LogP contribution < -0.4 is 0 Å². The van der Waals surface area contributed by atoms with Crippen molar-refractivity contribution in [2.75, 3.05) is 14.2 Å². The van der Waals surface area contributed by atoms with Gasteiger partial charge in [-0.1, -0.05) is 74.0 Å². The molecule has 1 N–H and O–H groups in total. The van der Waals surface area contributed by atoms with E-state index in [1.807, 2.05) is 6.08 Å². The average Bonchev–Trinajstić information content (AvgIpc) is 2.67. The fourth-order valence-electron chi connectivity index (χ4n) is 3.66. The topological polar surface area (TPSA) is 47.9 Å². The van der Waals surface area contributed by atoms with Gasteiger partial charge in [0, 0.05) is 32.2 Å². The van der Waals surface area contributed by atoms with Gasteiger partial charge in [-0.2, -0.15) is 0 Å². The predicted octanol–water partition coefficient (Wildman–Crippen LogP) is 6.44. The van der Waals surface area contributed by atoms with E-state index in [4.69, 9.17) is 13.9 Å². The zero-order valence-electron chi connectivity index (χ0n) is 22.0. The van der Waals surface area contributed by atoms with Crippen LogP contribution >= 0.6 is 0 Å². The Morgan fingerprint density at radius 3 is 1.90 bits per heavy atom. The molecule has 0 aromatic rings. The Balaban J connectivity index is 5.09. The Labute approximate surface area is 188 Å². The van der Waals surface area contributed by atoms with Crippen molar-refractivity contribution in [1.29, 1.82) is 0 Å². The minimum absolute atomic E-state index is 0.0414. The Kier molecular flexibility index (Phi) is 13.3. The summed E-state index contributed by atoms with van der Waals surface area (Å²) < 4.78 is 18.2. The number of hydrogen-bond acceptors (Lipinski definition) is 4. The average molecular weight is 445 g/mol. The van der Waals surface area contributed by atoms with Crippen LogP contribution in [0.15, 0.2) is 12.2 Å². The van der Waals surface area contributed by atoms with E-state index in [0.29, 0.717) is 5.92 Å². The van der Waals surface area contributed by atoms with E-state index < -0.39 is 14.4 Å². The quantitative estimate of drug-likeness (QED) is 0.247. The van der Waals surface area contributed by atoms with E-state index >= 15 is 0 Å². The normalized spacial score (nSPS) is 20.6. The van der Waals surface area contributed by atoms with Gasteiger partial charge >= 0.3 is 0 Å². The Hall–Kier alpha value is -0.203. The first-order valence-electron chi connectivity index (χ1n) is 11.8. The van der Waals surface area contributed by atoms with Crippen LogP contribution in [0.2, 0.25) is 18.1 Å². The van der Waals surface area contributed by atoms with Crippen molar-refractivity contribution < 1.29 is 19.0 Å². The summed E-state index contributed by atoms with van der Waals surface area (Å²) in [6, 6.07) is 0. The summed E-state index contributed by atoms with van der Waals surface area (Å²) in [6.07, 6.45) is 6.67. The molecule has 0 amide bonds. The SMILES string of the molecule is CC[C@H](C[C@H](OC)[C@@H](C)/C=C/[C@@H](O)[C@H](C)[C@H](OC)[C@H](C)CC)O[Si](C)(C)C(C)(C)C. The molecule has 0 aromatic heterocycles. The van der Waals surface area contributed by atoms with Gasteiger partial charge in [0.1, 0.15) is 0 Å². The van der Waals surface area contributed by atoms with Crippen LogP contribution in [0.1, 0.15) is 74.7 Å². The van der Waals surface area contributed by atoms with Crippen LogP contribution in [0.3, 0.4) is 0 Å². The minimum Gasteiger partial charge on any atom is -0.414 e. The zero-order valence-corrected chi connectivity index (χ0v) is 23.0. The van der Waals surface area contributed by atoms with Crippen molar-refractivity contribution in [1.82, 2.24) is 0 Å². The van der Waals surface area contributed by atoms with Crippen LogP contribution in [0.4, 0.5) is 0 Å². The molecule has 5 heteroatoms. The molecule has 180 valence electrons. The van der Waals surface area contributed by atoms with Gasteiger partial charge < -0.3 is 19.0 Å². The Bertz CT molecular complexity index is 486. The lowest BCUT2D eigenvalue weighted by Gasteiger charge is -2.40. The third-order valence-electron chi connectivity index (χ3n) is 7.25. The summed E-state index contributed by atoms with van der Waals surface area (Å²) in [5.41, 5.74) is 0. The molecule has 30 heavy (non-hydrogen) atoms. The number of aliphatic hydroxyl groups excluding tert-OH is 1. The van der Waals surface area contributed by atoms with Crippen molar-refractivity contribution in [3.05, 3.63) is 12.2 Å². The predicted molar refractivity (Wildman–Crippen MR) is 132 cm³/mol. The van der Waals surface area contributed by atoms with Crippen LogP contribution in [0.25, 0.3) is 0 Å². The van der Waals surface area contributed by atoms with Gasteiger partial charge in [-0.25, -0.2) is 0 Å². The molecule has 0 saturated carbocycles. The number of methoxy groups -OCH3 is 2. The lowest BCUT2D eigenvalue weighted by atomic mass is 9.87. The molecule has 0 bridgehead atoms. The second kappa shape index (κ2) is 13.4. The van der Waals surface area contributed by atoms with E-state index in [2.05, 4.69) is 74.6 Å². The van der Waals surface area contributed by atoms with Crippen LogP contribution in [-0.2, 0) is 13.9 Å². The van der Waals surface area contributed by atoms with Gasteiger partial charge in [0.2, 0.25) is 0 Å². The minimum atomic E-state index is -1.81. The highest BCUT2D eigenvalue weighted by Crippen LogP contribution is 2.38. The maximum absolute atomic E-state index is 10.7. The first kappa shape index (κ1) is 29.8. The molecule has 4 nitrogen and oxygen atoms in total. The highest BCUT2D eigenvalue weighted by atomic mass is 28.4. The van der Waals surface area contributed by atoms with Crippen LogP contribution in [0, 0.1) is 17.8 Å². The Morgan fingerprint density at radius 2 is 1.50 bits per heavy atom. The van der Waals surface area contributed by atoms with Crippen molar-refractivity contribution in [3.63, 3.8) is 0 Å². The zero-order chi connectivity index (χ0) is 23.7. The van der Waals surface area contributed by atoms with Crippen LogP contribution in [0.5, 0.6) is 0 Å². The van der Waals surface area contributed by atoms with E-state index in [9.17, 15) is 5.11 Å². The third-order valence-corrected chi connectivity index (χ3v) is 11.8. The fraction of sp³-hybridized carbons (Fsp3) is 0.920. The summed E-state index contributed by atoms with van der Waals surface area (Å²) >= 11 is 0. The van der Waals surface area contributed by atoms with E-state index in [1.165, 1.54) is 0 Å². The molecule has 0 aliphatic heterocycles. The molecule has 0 spiro atoms. The van der Waals surface area contributed by atoms with E-state index in [1.54, 1.807) is 14.2 Å². The first-order valence-corrected chi connectivity index (χ1v) is 14.8. The molecule has 7 atom stereocenters. The Morgan fingerprint density at radius 1 is 0.933 bits per heavy atom. The van der Waals surface area contributed by atoms with Gasteiger partial charge in [-0.3, -0.25) is 0 Å². The largest absolute Gasteiger partial charge is 0.414 e. The molecule has 0 aliphatic carbocycles. The molecule has 0 unspecified atom stereocenters. The molecule has 0 rings (SSSR count). The second-order valence-corrected chi connectivity index (χ2v) is 15.4. The molecule has 0 heterocycles. The van der Waals surface area contributed by atoms with Crippen LogP contribution in [-0.4, -0.2) is 52.1 Å². The highest BCUT2D eigenvalue weighted by Gasteiger charge is 2.39. The number of aliphatic hydroxyl groups is 1. The number of hydrogen-bond donors (Lipinski definition) is 1. The van der Waals surface area contributed by atoms with Crippen molar-refractivity contribution in [3.8, 4) is 0 Å². The fourth-order valence-corrected chi connectivity index (χ4v) is 5.11. The summed E-state index contributed by atoms with van der Waals surface area (Å²) in [5.74, 6) is 0.646. The molecular weight excluding hydrogens is 392 g/mol. The van der Waals surface area contributed by atoms with Crippen molar-refractivity contribution in [2.45, 2.75) is 117 Å². The maximum Gasteiger partial charge on any atom is 0.192 e. The molecule has 0 fully saturated rings. The highest BCUT2D eigenvalue weighted by molar-refractivity contribution is 6.74. The van der Waals surface area contributed by atoms with E-state index in [0.717, 1.165) is 19.3 Å². The third kappa shape index (κ3) is 9.11. The van der Waals surface area contributed by atoms with Gasteiger partial charge in [0.25, 0.3) is 0 Å².